The van der Waals surface area contributed by atoms with Crippen LogP contribution < -0.4 is 4.74 Å². The molecule has 0 bridgehead atoms. The van der Waals surface area contributed by atoms with Crippen LogP contribution in [0.2, 0.25) is 0 Å². The Morgan fingerprint density at radius 2 is 2.11 bits per heavy atom. The van der Waals surface area contributed by atoms with Gasteiger partial charge in [-0.25, -0.2) is 0 Å². The normalized spacial score (nSPS) is 18.8. The van der Waals surface area contributed by atoms with Crippen LogP contribution in [0.5, 0.6) is 5.75 Å². The van der Waals surface area contributed by atoms with E-state index in [4.69, 9.17) is 21.1 Å². The Kier molecular flexibility index (Phi) is 5.38. The smallest absolute Gasteiger partial charge is 0.119 e. The average molecular weight is 265 g/mol. The fourth-order valence-corrected chi connectivity index (χ4v) is 1.96. The van der Waals surface area contributed by atoms with Crippen LogP contribution in [-0.4, -0.2) is 25.2 Å². The number of alkyl halides is 1. The molecule has 0 spiro atoms. The standard InChI is InChI=1S/C15H17ClO2/c16-10-3-4-13-6-8-14(9-7-13)18-12-15-5-1-2-11-17-15/h6-9,15H,1-2,5,10-12H2. The molecular formula is C15H17ClO2. The molecule has 1 unspecified atom stereocenters. The molecule has 1 aliphatic rings. The van der Waals surface area contributed by atoms with Crippen molar-refractivity contribution in [3.63, 3.8) is 0 Å². The van der Waals surface area contributed by atoms with Crippen molar-refractivity contribution in [2.45, 2.75) is 25.4 Å². The van der Waals surface area contributed by atoms with E-state index in [2.05, 4.69) is 11.8 Å². The second-order valence-corrected chi connectivity index (χ2v) is 4.53. The molecule has 1 fully saturated rings. The molecule has 1 aromatic rings. The van der Waals surface area contributed by atoms with Gasteiger partial charge in [-0.15, -0.1) is 11.6 Å². The maximum absolute atomic E-state index is 5.71. The molecule has 1 aromatic carbocycles. The Morgan fingerprint density at radius 1 is 1.28 bits per heavy atom. The third kappa shape index (κ3) is 4.25. The van der Waals surface area contributed by atoms with Crippen molar-refractivity contribution in [2.24, 2.45) is 0 Å². The Morgan fingerprint density at radius 3 is 2.78 bits per heavy atom. The van der Waals surface area contributed by atoms with Crippen LogP contribution in [0.25, 0.3) is 0 Å². The third-order valence-electron chi connectivity index (χ3n) is 2.86. The first-order valence-electron chi connectivity index (χ1n) is 6.28. The maximum Gasteiger partial charge on any atom is 0.119 e. The minimum absolute atomic E-state index is 0.245. The molecule has 0 radical (unpaired) electrons. The zero-order chi connectivity index (χ0) is 12.6. The Bertz CT molecular complexity index is 410. The molecule has 1 atom stereocenters. The van der Waals surface area contributed by atoms with E-state index in [0.717, 1.165) is 24.3 Å². The monoisotopic (exact) mass is 264 g/mol. The predicted octanol–water partition coefficient (Wildman–Crippen LogP) is 3.22. The first kappa shape index (κ1) is 13.3. The van der Waals surface area contributed by atoms with Gasteiger partial charge in [0.15, 0.2) is 0 Å². The van der Waals surface area contributed by atoms with E-state index in [1.165, 1.54) is 12.8 Å². The van der Waals surface area contributed by atoms with Gasteiger partial charge in [-0.1, -0.05) is 11.8 Å². The second-order valence-electron chi connectivity index (χ2n) is 4.26. The van der Waals surface area contributed by atoms with Gasteiger partial charge in [0, 0.05) is 12.2 Å². The summed E-state index contributed by atoms with van der Waals surface area (Å²) in [4.78, 5) is 0. The summed E-state index contributed by atoms with van der Waals surface area (Å²) in [7, 11) is 0. The van der Waals surface area contributed by atoms with Crippen molar-refractivity contribution in [3.05, 3.63) is 29.8 Å². The SMILES string of the molecule is ClCC#Cc1ccc(OCC2CCCCO2)cc1. The van der Waals surface area contributed by atoms with Crippen LogP contribution in [-0.2, 0) is 4.74 Å². The largest absolute Gasteiger partial charge is 0.491 e. The summed E-state index contributed by atoms with van der Waals surface area (Å²) >= 11 is 5.51. The van der Waals surface area contributed by atoms with E-state index < -0.39 is 0 Å². The summed E-state index contributed by atoms with van der Waals surface area (Å²) in [5, 5.41) is 0. The molecule has 1 aliphatic heterocycles. The highest BCUT2D eigenvalue weighted by Gasteiger charge is 2.14. The van der Waals surface area contributed by atoms with Crippen LogP contribution in [0.3, 0.4) is 0 Å². The average Bonchev–Trinajstić information content (AvgIpc) is 2.45. The topological polar surface area (TPSA) is 18.5 Å². The van der Waals surface area contributed by atoms with Gasteiger partial charge in [0.2, 0.25) is 0 Å². The number of hydrogen-bond acceptors (Lipinski definition) is 2. The number of hydrogen-bond donors (Lipinski definition) is 0. The Hall–Kier alpha value is -1.17. The molecule has 0 amide bonds. The van der Waals surface area contributed by atoms with Crippen LogP contribution >= 0.6 is 11.6 Å². The highest BCUT2D eigenvalue weighted by atomic mass is 35.5. The minimum atomic E-state index is 0.245. The number of ether oxygens (including phenoxy) is 2. The lowest BCUT2D eigenvalue weighted by Gasteiger charge is -2.22. The fourth-order valence-electron chi connectivity index (χ4n) is 1.90. The summed E-state index contributed by atoms with van der Waals surface area (Å²) < 4.78 is 11.3. The molecule has 96 valence electrons. The second kappa shape index (κ2) is 7.31. The Labute approximate surface area is 113 Å². The lowest BCUT2D eigenvalue weighted by atomic mass is 10.1. The van der Waals surface area contributed by atoms with E-state index in [0.29, 0.717) is 12.5 Å². The molecule has 0 aromatic heterocycles. The van der Waals surface area contributed by atoms with Crippen molar-refractivity contribution in [1.29, 1.82) is 0 Å². The molecular weight excluding hydrogens is 248 g/mol. The van der Waals surface area contributed by atoms with Crippen molar-refractivity contribution in [2.75, 3.05) is 19.1 Å². The molecule has 0 N–H and O–H groups in total. The van der Waals surface area contributed by atoms with E-state index in [1.54, 1.807) is 0 Å². The fraction of sp³-hybridized carbons (Fsp3) is 0.467. The van der Waals surface area contributed by atoms with Gasteiger partial charge in [-0.05, 0) is 43.5 Å². The first-order valence-corrected chi connectivity index (χ1v) is 6.81. The van der Waals surface area contributed by atoms with Crippen molar-refractivity contribution in [3.8, 4) is 17.6 Å². The quantitative estimate of drug-likeness (QED) is 0.616. The van der Waals surface area contributed by atoms with Crippen LogP contribution in [0.15, 0.2) is 24.3 Å². The van der Waals surface area contributed by atoms with Crippen LogP contribution in [0.4, 0.5) is 0 Å². The van der Waals surface area contributed by atoms with Gasteiger partial charge in [-0.2, -0.15) is 0 Å². The molecule has 1 saturated heterocycles. The van der Waals surface area contributed by atoms with Crippen molar-refractivity contribution < 1.29 is 9.47 Å². The van der Waals surface area contributed by atoms with Gasteiger partial charge >= 0.3 is 0 Å². The third-order valence-corrected chi connectivity index (χ3v) is 3.00. The predicted molar refractivity (Wildman–Crippen MR) is 73.1 cm³/mol. The molecule has 3 heteroatoms. The summed E-state index contributed by atoms with van der Waals surface area (Å²) in [5.41, 5.74) is 0.955. The van der Waals surface area contributed by atoms with Crippen molar-refractivity contribution >= 4 is 11.6 Å². The summed E-state index contributed by atoms with van der Waals surface area (Å²) in [6.45, 7) is 1.49. The van der Waals surface area contributed by atoms with Gasteiger partial charge in [0.1, 0.15) is 12.4 Å². The zero-order valence-corrected chi connectivity index (χ0v) is 11.1. The van der Waals surface area contributed by atoms with Crippen molar-refractivity contribution in [1.82, 2.24) is 0 Å². The molecule has 0 aliphatic carbocycles. The summed E-state index contributed by atoms with van der Waals surface area (Å²) in [6.07, 6.45) is 3.75. The van der Waals surface area contributed by atoms with Gasteiger partial charge in [0.25, 0.3) is 0 Å². The van der Waals surface area contributed by atoms with Gasteiger partial charge in [0.05, 0.1) is 12.0 Å². The molecule has 1 heterocycles. The van der Waals surface area contributed by atoms with Gasteiger partial charge in [-0.3, -0.25) is 0 Å². The van der Waals surface area contributed by atoms with E-state index in [-0.39, 0.29) is 6.10 Å². The highest BCUT2D eigenvalue weighted by molar-refractivity contribution is 6.19. The molecule has 0 saturated carbocycles. The summed E-state index contributed by atoms with van der Waals surface area (Å²) in [5.74, 6) is 7.01. The highest BCUT2D eigenvalue weighted by Crippen LogP contribution is 2.16. The molecule has 2 nitrogen and oxygen atoms in total. The number of rotatable bonds is 3. The number of halogens is 1. The zero-order valence-electron chi connectivity index (χ0n) is 10.3. The Balaban J connectivity index is 1.82. The van der Waals surface area contributed by atoms with E-state index >= 15 is 0 Å². The lowest BCUT2D eigenvalue weighted by Crippen LogP contribution is -2.25. The molecule has 2 rings (SSSR count). The first-order chi connectivity index (χ1) is 8.88. The van der Waals surface area contributed by atoms with Crippen LogP contribution in [0.1, 0.15) is 24.8 Å². The lowest BCUT2D eigenvalue weighted by molar-refractivity contribution is -0.0110. The van der Waals surface area contributed by atoms with Crippen LogP contribution in [0, 0.1) is 11.8 Å². The molecule has 18 heavy (non-hydrogen) atoms. The number of benzene rings is 1. The van der Waals surface area contributed by atoms with Gasteiger partial charge < -0.3 is 9.47 Å². The summed E-state index contributed by atoms with van der Waals surface area (Å²) in [6, 6.07) is 7.75. The maximum atomic E-state index is 5.71. The van der Waals surface area contributed by atoms with E-state index in [9.17, 15) is 0 Å². The minimum Gasteiger partial charge on any atom is -0.491 e. The van der Waals surface area contributed by atoms with E-state index in [1.807, 2.05) is 24.3 Å².